The largest absolute Gasteiger partial charge is 0.209 e. The fourth-order valence-corrected chi connectivity index (χ4v) is 3.33. The van der Waals surface area contributed by atoms with E-state index in [0.717, 1.165) is 10.7 Å². The molecule has 28 heavy (non-hydrogen) atoms. The standard InChI is InChI=1S/C19H12N8S/c1-2-9-28-11-10-18-25-16-6-5-14(23-16)21-12-3-4-13(20-12)22-15-7-8-17(24-15)26-19(11)27-18/h2-8,10H,1,9H2. The van der Waals surface area contributed by atoms with Crippen LogP contribution in [0, 0.1) is 0 Å². The van der Waals surface area contributed by atoms with Crippen LogP contribution in [-0.2, 0) is 0 Å². The minimum atomic E-state index is 0.528. The second-order valence-corrected chi connectivity index (χ2v) is 6.90. The van der Waals surface area contributed by atoms with Crippen molar-refractivity contribution < 1.29 is 0 Å². The van der Waals surface area contributed by atoms with E-state index >= 15 is 0 Å². The monoisotopic (exact) mass is 384 g/mol. The van der Waals surface area contributed by atoms with E-state index in [0.29, 0.717) is 46.7 Å². The molecule has 5 rings (SSSR count). The summed E-state index contributed by atoms with van der Waals surface area (Å²) in [5.74, 6) is 5.02. The molecule has 0 saturated heterocycles. The molecule has 5 aliphatic rings. The van der Waals surface area contributed by atoms with Crippen molar-refractivity contribution in [3.8, 4) is 0 Å². The molecule has 0 aromatic rings. The van der Waals surface area contributed by atoms with Gasteiger partial charge in [-0.05, 0) is 36.5 Å². The molecule has 9 heteroatoms. The lowest BCUT2D eigenvalue weighted by Crippen LogP contribution is -1.99. The van der Waals surface area contributed by atoms with Crippen LogP contribution in [0.3, 0.4) is 0 Å². The summed E-state index contributed by atoms with van der Waals surface area (Å²) >= 11 is 1.59. The Labute approximate surface area is 164 Å². The fourth-order valence-electron chi connectivity index (χ4n) is 2.63. The summed E-state index contributed by atoms with van der Waals surface area (Å²) in [5.41, 5.74) is 0. The van der Waals surface area contributed by atoms with Gasteiger partial charge in [0.25, 0.3) is 0 Å². The molecule has 0 fully saturated rings. The number of hydrogen-bond donors (Lipinski definition) is 0. The van der Waals surface area contributed by atoms with Crippen molar-refractivity contribution in [2.24, 2.45) is 39.9 Å². The van der Waals surface area contributed by atoms with Crippen LogP contribution in [0.5, 0.6) is 0 Å². The minimum Gasteiger partial charge on any atom is -0.209 e. The molecule has 5 heterocycles. The van der Waals surface area contributed by atoms with Gasteiger partial charge in [-0.1, -0.05) is 6.08 Å². The van der Waals surface area contributed by atoms with Crippen LogP contribution < -0.4 is 0 Å². The molecular weight excluding hydrogens is 372 g/mol. The molecule has 8 nitrogen and oxygen atoms in total. The summed E-state index contributed by atoms with van der Waals surface area (Å²) in [7, 11) is 0. The van der Waals surface area contributed by atoms with Gasteiger partial charge in [-0.15, -0.1) is 18.3 Å². The number of thioether (sulfide) groups is 1. The third kappa shape index (κ3) is 3.35. The molecule has 0 unspecified atom stereocenters. The highest BCUT2D eigenvalue weighted by molar-refractivity contribution is 8.04. The summed E-state index contributed by atoms with van der Waals surface area (Å²) in [6, 6.07) is 0. The lowest BCUT2D eigenvalue weighted by atomic mass is 10.4. The van der Waals surface area contributed by atoms with Gasteiger partial charge in [-0.2, -0.15) is 0 Å². The van der Waals surface area contributed by atoms with E-state index in [1.54, 1.807) is 48.2 Å². The smallest absolute Gasteiger partial charge is 0.170 e. The third-order valence-corrected chi connectivity index (χ3v) is 4.81. The Kier molecular flexibility index (Phi) is 4.06. The molecule has 0 aromatic carbocycles. The molecule has 8 bridgehead atoms. The van der Waals surface area contributed by atoms with Crippen LogP contribution in [0.15, 0.2) is 100 Å². The van der Waals surface area contributed by atoms with E-state index in [2.05, 4.69) is 46.5 Å². The number of rotatable bonds is 3. The van der Waals surface area contributed by atoms with Crippen LogP contribution in [0.1, 0.15) is 0 Å². The first-order valence-electron chi connectivity index (χ1n) is 8.45. The van der Waals surface area contributed by atoms with E-state index < -0.39 is 0 Å². The van der Waals surface area contributed by atoms with Crippen LogP contribution in [0.25, 0.3) is 0 Å². The highest BCUT2D eigenvalue weighted by atomic mass is 32.2. The van der Waals surface area contributed by atoms with Crippen molar-refractivity contribution in [1.82, 2.24) is 0 Å². The van der Waals surface area contributed by atoms with E-state index in [1.807, 2.05) is 12.2 Å². The molecule has 0 spiro atoms. The first kappa shape index (κ1) is 16.6. The first-order valence-corrected chi connectivity index (χ1v) is 9.43. The number of aliphatic imine (C=N–C) groups is 8. The summed E-state index contributed by atoms with van der Waals surface area (Å²) in [6.07, 6.45) is 14.4. The zero-order valence-electron chi connectivity index (χ0n) is 14.5. The van der Waals surface area contributed by atoms with Gasteiger partial charge in [0.2, 0.25) is 0 Å². The van der Waals surface area contributed by atoms with Gasteiger partial charge in [0.1, 0.15) is 0 Å². The third-order valence-electron chi connectivity index (χ3n) is 3.80. The van der Waals surface area contributed by atoms with Crippen LogP contribution >= 0.6 is 11.8 Å². The number of fused-ring (bicyclic) bond motifs is 4. The van der Waals surface area contributed by atoms with Crippen molar-refractivity contribution in [2.45, 2.75) is 0 Å². The Morgan fingerprint density at radius 2 is 1.04 bits per heavy atom. The van der Waals surface area contributed by atoms with E-state index in [4.69, 9.17) is 0 Å². The molecule has 0 amide bonds. The lowest BCUT2D eigenvalue weighted by Gasteiger charge is -1.99. The topological polar surface area (TPSA) is 98.9 Å². The van der Waals surface area contributed by atoms with Gasteiger partial charge in [0, 0.05) is 11.8 Å². The molecule has 0 aromatic heterocycles. The zero-order valence-corrected chi connectivity index (χ0v) is 15.3. The number of nitrogens with zero attached hydrogens (tertiary/aromatic N) is 8. The van der Waals surface area contributed by atoms with Gasteiger partial charge < -0.3 is 0 Å². The van der Waals surface area contributed by atoms with E-state index in [9.17, 15) is 0 Å². The predicted molar refractivity (Wildman–Crippen MR) is 118 cm³/mol. The second-order valence-electron chi connectivity index (χ2n) is 5.83. The van der Waals surface area contributed by atoms with E-state index in [1.165, 1.54) is 0 Å². The maximum Gasteiger partial charge on any atom is 0.170 e. The molecule has 134 valence electrons. The van der Waals surface area contributed by atoms with Gasteiger partial charge >= 0.3 is 0 Å². The Morgan fingerprint density at radius 1 is 0.607 bits per heavy atom. The number of amidine groups is 8. The van der Waals surface area contributed by atoms with Gasteiger partial charge in [0.15, 0.2) is 46.7 Å². The van der Waals surface area contributed by atoms with Crippen molar-refractivity contribution in [3.63, 3.8) is 0 Å². The van der Waals surface area contributed by atoms with E-state index in [-0.39, 0.29) is 0 Å². The van der Waals surface area contributed by atoms with Crippen LogP contribution in [0.2, 0.25) is 0 Å². The average molecular weight is 384 g/mol. The lowest BCUT2D eigenvalue weighted by molar-refractivity contribution is 1.50. The first-order chi connectivity index (χ1) is 13.7. The van der Waals surface area contributed by atoms with Gasteiger partial charge in [-0.25, -0.2) is 39.9 Å². The predicted octanol–water partition coefficient (Wildman–Crippen LogP) is 2.71. The highest BCUT2D eigenvalue weighted by Gasteiger charge is 2.19. The second kappa shape index (κ2) is 6.86. The van der Waals surface area contributed by atoms with Crippen molar-refractivity contribution in [1.29, 1.82) is 0 Å². The molecule has 0 aliphatic carbocycles. The molecule has 0 saturated carbocycles. The maximum absolute atomic E-state index is 4.57. The van der Waals surface area contributed by atoms with Crippen molar-refractivity contribution >= 4 is 58.4 Å². The number of hydrogen-bond acceptors (Lipinski definition) is 9. The SMILES string of the molecule is C=CCSC1=CC2=NC3=NC(=NC4=NC(=NC5=NC(=NC1=N2)C=C5)C=C4)C=C3. The Balaban J connectivity index is 1.61. The Hall–Kier alpha value is -3.59. The molecule has 5 aliphatic heterocycles. The Bertz CT molecular complexity index is 1160. The summed E-state index contributed by atoms with van der Waals surface area (Å²) < 4.78 is 0. The maximum atomic E-state index is 4.57. The Morgan fingerprint density at radius 3 is 1.50 bits per heavy atom. The van der Waals surface area contributed by atoms with Crippen molar-refractivity contribution in [3.05, 3.63) is 60.1 Å². The fraction of sp³-hybridized carbons (Fsp3) is 0.0526. The molecule has 0 radical (unpaired) electrons. The van der Waals surface area contributed by atoms with Crippen LogP contribution in [-0.4, -0.2) is 52.4 Å². The quantitative estimate of drug-likeness (QED) is 0.687. The van der Waals surface area contributed by atoms with Crippen molar-refractivity contribution in [2.75, 3.05) is 5.75 Å². The average Bonchev–Trinajstić information content (AvgIpc) is 3.45. The summed E-state index contributed by atoms with van der Waals surface area (Å²) in [6.45, 7) is 3.77. The summed E-state index contributed by atoms with van der Waals surface area (Å²) in [5, 5.41) is 0. The normalized spacial score (nSPS) is 21.4. The zero-order chi connectivity index (χ0) is 18.9. The van der Waals surface area contributed by atoms with Crippen LogP contribution in [0.4, 0.5) is 0 Å². The van der Waals surface area contributed by atoms with Gasteiger partial charge in [0.05, 0.1) is 4.91 Å². The summed E-state index contributed by atoms with van der Waals surface area (Å²) in [4.78, 5) is 36.5. The van der Waals surface area contributed by atoms with Gasteiger partial charge in [-0.3, -0.25) is 0 Å². The minimum absolute atomic E-state index is 0.528. The highest BCUT2D eigenvalue weighted by Crippen LogP contribution is 2.24. The molecule has 0 N–H and O–H groups in total. The molecular formula is C19H12N8S. The molecule has 0 atom stereocenters.